The maximum atomic E-state index is 12.4. The van der Waals surface area contributed by atoms with Crippen LogP contribution in [0.15, 0.2) is 60.9 Å². The molecule has 53 heavy (non-hydrogen) atoms. The molecule has 0 fully saturated rings. The summed E-state index contributed by atoms with van der Waals surface area (Å²) in [6, 6.07) is 0. The fraction of sp³-hybridized carbons (Fsp3) is 0.744. The zero-order chi connectivity index (χ0) is 38.9. The summed E-state index contributed by atoms with van der Waals surface area (Å²) in [7, 11) is -4.29. The summed E-state index contributed by atoms with van der Waals surface area (Å²) in [4.78, 5) is 22.2. The third-order valence-electron chi connectivity index (χ3n) is 8.58. The van der Waals surface area contributed by atoms with E-state index in [4.69, 9.17) is 24.3 Å². The summed E-state index contributed by atoms with van der Waals surface area (Å²) < 4.78 is 33.1. The molecule has 0 radical (unpaired) electrons. The van der Waals surface area contributed by atoms with Gasteiger partial charge in [-0.3, -0.25) is 13.8 Å². The van der Waals surface area contributed by atoms with E-state index in [1.54, 1.807) is 6.26 Å². The molecule has 0 saturated carbocycles. The van der Waals surface area contributed by atoms with Gasteiger partial charge in [0.25, 0.3) is 0 Å². The van der Waals surface area contributed by atoms with Crippen LogP contribution >= 0.6 is 7.82 Å². The molecule has 0 aromatic heterocycles. The molecule has 0 amide bonds. The molecule has 0 bridgehead atoms. The largest absolute Gasteiger partial charge is 0.492 e. The van der Waals surface area contributed by atoms with Crippen LogP contribution in [0.4, 0.5) is 0 Å². The lowest BCUT2D eigenvalue weighted by Crippen LogP contribution is -2.25. The lowest BCUT2D eigenvalue weighted by Gasteiger charge is -2.19. The molecule has 308 valence electrons. The summed E-state index contributed by atoms with van der Waals surface area (Å²) in [5, 5.41) is 9.72. The molecule has 0 aromatic carbocycles. The van der Waals surface area contributed by atoms with Crippen molar-refractivity contribution in [3.8, 4) is 0 Å². The minimum atomic E-state index is -4.29. The molecular formula is C43H78NO8P. The number of carbonyl (C=O) groups is 1. The minimum absolute atomic E-state index is 0.0858. The number of aliphatic hydroxyl groups is 1. The lowest BCUT2D eigenvalue weighted by molar-refractivity contribution is -0.147. The van der Waals surface area contributed by atoms with Gasteiger partial charge in [-0.05, 0) is 63.9 Å². The second-order valence-electron chi connectivity index (χ2n) is 13.7. The van der Waals surface area contributed by atoms with Crippen LogP contribution in [0.3, 0.4) is 0 Å². The van der Waals surface area contributed by atoms with Crippen molar-refractivity contribution in [2.75, 3.05) is 26.4 Å². The summed E-state index contributed by atoms with van der Waals surface area (Å²) >= 11 is 0. The van der Waals surface area contributed by atoms with Crippen LogP contribution in [0.1, 0.15) is 168 Å². The van der Waals surface area contributed by atoms with E-state index in [1.807, 2.05) is 12.2 Å². The van der Waals surface area contributed by atoms with Crippen LogP contribution < -0.4 is 5.73 Å². The molecule has 0 aromatic rings. The number of nitrogens with two attached hydrogens (primary N) is 1. The first kappa shape index (κ1) is 51.0. The Morgan fingerprint density at radius 3 is 1.75 bits per heavy atom. The summed E-state index contributed by atoms with van der Waals surface area (Å²) in [6.45, 7) is 3.94. The zero-order valence-electron chi connectivity index (χ0n) is 33.6. The van der Waals surface area contributed by atoms with E-state index in [2.05, 4.69) is 56.4 Å². The number of carbonyl (C=O) groups excluding carboxylic acids is 1. The fourth-order valence-electron chi connectivity index (χ4n) is 5.46. The van der Waals surface area contributed by atoms with Crippen molar-refractivity contribution in [2.45, 2.75) is 180 Å². The van der Waals surface area contributed by atoms with Gasteiger partial charge in [0.1, 0.15) is 6.61 Å². The van der Waals surface area contributed by atoms with Crippen molar-refractivity contribution in [1.29, 1.82) is 0 Å². The minimum Gasteiger partial charge on any atom is -0.492 e. The van der Waals surface area contributed by atoms with Gasteiger partial charge in [-0.2, -0.15) is 0 Å². The Balaban J connectivity index is 4.22. The SMILES string of the molecule is CCCCCCCCCCCCCCCC/C=C/O[C@H](COC(=O)CCC/C=C\C/C=C\C/C=C\C/C=C\CC(O)CCC)COP(=O)(O)OCCN. The van der Waals surface area contributed by atoms with Crippen LogP contribution in [0, 0.1) is 0 Å². The topological polar surface area (TPSA) is 138 Å². The smallest absolute Gasteiger partial charge is 0.472 e. The number of ether oxygens (including phenoxy) is 2. The van der Waals surface area contributed by atoms with E-state index >= 15 is 0 Å². The summed E-state index contributed by atoms with van der Waals surface area (Å²) in [5.74, 6) is -0.358. The third-order valence-corrected chi connectivity index (χ3v) is 9.57. The highest BCUT2D eigenvalue weighted by Gasteiger charge is 2.24. The van der Waals surface area contributed by atoms with Crippen LogP contribution in [0.2, 0.25) is 0 Å². The molecule has 0 spiro atoms. The first-order valence-electron chi connectivity index (χ1n) is 20.9. The van der Waals surface area contributed by atoms with E-state index in [-0.39, 0.29) is 44.9 Å². The van der Waals surface area contributed by atoms with Crippen molar-refractivity contribution in [3.05, 3.63) is 60.9 Å². The van der Waals surface area contributed by atoms with Crippen molar-refractivity contribution in [1.82, 2.24) is 0 Å². The van der Waals surface area contributed by atoms with Crippen LogP contribution in [-0.2, 0) is 27.9 Å². The summed E-state index contributed by atoms with van der Waals surface area (Å²) in [6.07, 6.45) is 45.5. The van der Waals surface area contributed by atoms with Gasteiger partial charge < -0.3 is 25.2 Å². The monoisotopic (exact) mass is 768 g/mol. The molecule has 0 aliphatic heterocycles. The highest BCUT2D eigenvalue weighted by atomic mass is 31.2. The predicted octanol–water partition coefficient (Wildman–Crippen LogP) is 11.5. The van der Waals surface area contributed by atoms with Crippen molar-refractivity contribution < 1.29 is 37.9 Å². The van der Waals surface area contributed by atoms with E-state index in [1.165, 1.54) is 83.5 Å². The van der Waals surface area contributed by atoms with E-state index in [9.17, 15) is 19.4 Å². The molecule has 2 unspecified atom stereocenters. The zero-order valence-corrected chi connectivity index (χ0v) is 34.5. The standard InChI is InChI=1S/C43H78NO8P/c1-3-5-6-7-8-9-10-11-12-13-17-20-23-26-29-32-37-49-42(40-52-53(47,48)51-38-36-44)39-50-43(46)35-31-28-25-22-19-16-14-15-18-21-24-27-30-34-41(45)33-4-2/h14,16,18,21-22,25,27,30,32,37,41-42,45H,3-13,15,17,19-20,23-24,26,28-29,31,33-36,38-40,44H2,1-2H3,(H,47,48)/b16-14-,21-18-,25-22-,30-27-,37-32+/t41?,42-/m1/s1. The molecule has 4 N–H and O–H groups in total. The Morgan fingerprint density at radius 2 is 1.19 bits per heavy atom. The normalized spacial score (nSPS) is 14.7. The van der Waals surface area contributed by atoms with Crippen LogP contribution in [0.25, 0.3) is 0 Å². The van der Waals surface area contributed by atoms with Crippen LogP contribution in [0.5, 0.6) is 0 Å². The van der Waals surface area contributed by atoms with Gasteiger partial charge in [-0.1, -0.05) is 152 Å². The Kier molecular flexibility index (Phi) is 38.2. The number of aliphatic hydroxyl groups excluding tert-OH is 1. The van der Waals surface area contributed by atoms with E-state index in [0.717, 1.165) is 57.8 Å². The average Bonchev–Trinajstić information content (AvgIpc) is 3.14. The Bertz CT molecular complexity index is 1010. The number of phosphoric ester groups is 1. The molecule has 10 heteroatoms. The Labute approximate surface area is 324 Å². The molecule has 0 heterocycles. The number of esters is 1. The molecule has 3 atom stereocenters. The van der Waals surface area contributed by atoms with Gasteiger partial charge in [-0.25, -0.2) is 4.57 Å². The second-order valence-corrected chi connectivity index (χ2v) is 15.2. The van der Waals surface area contributed by atoms with Gasteiger partial charge >= 0.3 is 13.8 Å². The molecule has 9 nitrogen and oxygen atoms in total. The van der Waals surface area contributed by atoms with Crippen molar-refractivity contribution in [3.63, 3.8) is 0 Å². The van der Waals surface area contributed by atoms with Gasteiger partial charge in [-0.15, -0.1) is 0 Å². The van der Waals surface area contributed by atoms with Crippen molar-refractivity contribution >= 4 is 13.8 Å². The van der Waals surface area contributed by atoms with Gasteiger partial charge in [0, 0.05) is 13.0 Å². The fourth-order valence-corrected chi connectivity index (χ4v) is 6.22. The van der Waals surface area contributed by atoms with Gasteiger partial charge in [0.15, 0.2) is 6.10 Å². The first-order valence-corrected chi connectivity index (χ1v) is 22.4. The number of hydrogen-bond acceptors (Lipinski definition) is 8. The highest BCUT2D eigenvalue weighted by Crippen LogP contribution is 2.43. The molecule has 0 aliphatic carbocycles. The Morgan fingerprint density at radius 1 is 0.660 bits per heavy atom. The van der Waals surface area contributed by atoms with E-state index in [0.29, 0.717) is 6.42 Å². The van der Waals surface area contributed by atoms with Gasteiger partial charge in [0.05, 0.1) is 25.6 Å². The maximum Gasteiger partial charge on any atom is 0.472 e. The molecular weight excluding hydrogens is 689 g/mol. The molecule has 0 saturated heterocycles. The Hall–Kier alpha value is -2.00. The van der Waals surface area contributed by atoms with E-state index < -0.39 is 13.9 Å². The summed E-state index contributed by atoms with van der Waals surface area (Å²) in [5.41, 5.74) is 5.35. The number of hydrogen-bond donors (Lipinski definition) is 3. The molecule has 0 rings (SSSR count). The first-order chi connectivity index (χ1) is 25.8. The third kappa shape index (κ3) is 39.5. The quantitative estimate of drug-likeness (QED) is 0.0183. The second kappa shape index (κ2) is 39.7. The van der Waals surface area contributed by atoms with Gasteiger partial charge in [0.2, 0.25) is 0 Å². The average molecular weight is 768 g/mol. The maximum absolute atomic E-state index is 12.4. The number of unbranched alkanes of at least 4 members (excludes halogenated alkanes) is 15. The predicted molar refractivity (Wildman–Crippen MR) is 220 cm³/mol. The number of allylic oxidation sites excluding steroid dienone is 8. The van der Waals surface area contributed by atoms with Crippen molar-refractivity contribution in [2.24, 2.45) is 5.73 Å². The lowest BCUT2D eigenvalue weighted by atomic mass is 10.0. The highest BCUT2D eigenvalue weighted by molar-refractivity contribution is 7.47. The van der Waals surface area contributed by atoms with Crippen LogP contribution in [-0.4, -0.2) is 54.5 Å². The number of phosphoric acid groups is 1. The number of rotatable bonds is 39. The molecule has 0 aliphatic rings.